The van der Waals surface area contributed by atoms with Gasteiger partial charge < -0.3 is 4.90 Å². The number of hydrogen-bond donors (Lipinski definition) is 0. The average Bonchev–Trinajstić information content (AvgIpc) is 3.34. The number of fused-ring (bicyclic) bond motifs is 1. The van der Waals surface area contributed by atoms with Gasteiger partial charge in [0.05, 0.1) is 16.9 Å². The lowest BCUT2D eigenvalue weighted by atomic mass is 9.96. The third-order valence-electron chi connectivity index (χ3n) is 5.63. The van der Waals surface area contributed by atoms with Crippen molar-refractivity contribution in [3.63, 3.8) is 0 Å². The van der Waals surface area contributed by atoms with Crippen LogP contribution in [0.5, 0.6) is 0 Å². The smallest absolute Gasteiger partial charge is 0.258 e. The molecule has 1 saturated heterocycles. The summed E-state index contributed by atoms with van der Waals surface area (Å²) >= 11 is 6.62. The molecule has 0 aliphatic carbocycles. The lowest BCUT2D eigenvalue weighted by Crippen LogP contribution is -2.39. The lowest BCUT2D eigenvalue weighted by molar-refractivity contribution is 0.0703. The summed E-state index contributed by atoms with van der Waals surface area (Å²) in [5, 5.41) is 13.5. The van der Waals surface area contributed by atoms with Gasteiger partial charge >= 0.3 is 0 Å². The molecular formula is C22H21ClN6O. The fourth-order valence-electron chi connectivity index (χ4n) is 4.15. The van der Waals surface area contributed by atoms with Crippen LogP contribution in [-0.2, 0) is 0 Å². The van der Waals surface area contributed by atoms with Crippen molar-refractivity contribution >= 4 is 23.2 Å². The molecule has 0 saturated carbocycles. The van der Waals surface area contributed by atoms with Gasteiger partial charge in [-0.2, -0.15) is 5.10 Å². The second kappa shape index (κ2) is 7.57. The summed E-state index contributed by atoms with van der Waals surface area (Å²) in [4.78, 5) is 15.3. The number of aryl methyl sites for hydroxylation is 1. The highest BCUT2D eigenvalue weighted by atomic mass is 35.5. The quantitative estimate of drug-likeness (QED) is 0.504. The molecule has 1 amide bonds. The van der Waals surface area contributed by atoms with E-state index in [1.54, 1.807) is 4.68 Å². The van der Waals surface area contributed by atoms with Crippen molar-refractivity contribution < 1.29 is 4.79 Å². The van der Waals surface area contributed by atoms with Crippen LogP contribution in [0.4, 0.5) is 0 Å². The second-order valence-electron chi connectivity index (χ2n) is 7.58. The van der Waals surface area contributed by atoms with Gasteiger partial charge in [0.2, 0.25) is 0 Å². The Morgan fingerprint density at radius 1 is 1.10 bits per heavy atom. The lowest BCUT2D eigenvalue weighted by Gasteiger charge is -2.32. The number of carbonyl (C=O) groups excluding carboxylic acids is 1. The van der Waals surface area contributed by atoms with E-state index in [2.05, 4.69) is 15.3 Å². The molecule has 1 atom stereocenters. The minimum atomic E-state index is -0.0850. The number of para-hydroxylation sites is 1. The summed E-state index contributed by atoms with van der Waals surface area (Å²) < 4.78 is 3.63. The zero-order valence-corrected chi connectivity index (χ0v) is 17.3. The maximum Gasteiger partial charge on any atom is 0.258 e. The number of pyridine rings is 1. The van der Waals surface area contributed by atoms with Crippen LogP contribution in [0.1, 0.15) is 40.6 Å². The highest BCUT2D eigenvalue weighted by Crippen LogP contribution is 2.30. The maximum absolute atomic E-state index is 13.4. The monoisotopic (exact) mass is 420 g/mol. The van der Waals surface area contributed by atoms with Crippen LogP contribution in [0, 0.1) is 6.92 Å². The van der Waals surface area contributed by atoms with Crippen LogP contribution in [-0.4, -0.2) is 48.3 Å². The van der Waals surface area contributed by atoms with Crippen molar-refractivity contribution in [3.05, 3.63) is 77.0 Å². The summed E-state index contributed by atoms with van der Waals surface area (Å²) in [6.07, 6.45) is 3.84. The molecule has 0 bridgehead atoms. The van der Waals surface area contributed by atoms with Crippen molar-refractivity contribution in [2.75, 3.05) is 13.1 Å². The zero-order chi connectivity index (χ0) is 20.7. The number of halogens is 1. The molecule has 152 valence electrons. The van der Waals surface area contributed by atoms with E-state index in [-0.39, 0.29) is 11.8 Å². The van der Waals surface area contributed by atoms with Gasteiger partial charge in [-0.15, -0.1) is 10.2 Å². The van der Waals surface area contributed by atoms with Gasteiger partial charge in [0.1, 0.15) is 11.0 Å². The zero-order valence-electron chi connectivity index (χ0n) is 16.6. The van der Waals surface area contributed by atoms with Crippen LogP contribution < -0.4 is 0 Å². The molecule has 1 fully saturated rings. The molecule has 8 heteroatoms. The van der Waals surface area contributed by atoms with E-state index in [0.717, 1.165) is 30.0 Å². The van der Waals surface area contributed by atoms with E-state index in [4.69, 9.17) is 11.6 Å². The van der Waals surface area contributed by atoms with E-state index < -0.39 is 0 Å². The van der Waals surface area contributed by atoms with E-state index in [0.29, 0.717) is 29.5 Å². The Kier molecular flexibility index (Phi) is 4.75. The third kappa shape index (κ3) is 3.15. The van der Waals surface area contributed by atoms with Crippen LogP contribution in [0.2, 0.25) is 5.15 Å². The molecule has 0 radical (unpaired) electrons. The normalized spacial score (nSPS) is 16.9. The van der Waals surface area contributed by atoms with Gasteiger partial charge in [0.15, 0.2) is 5.65 Å². The van der Waals surface area contributed by atoms with E-state index in [1.165, 1.54) is 0 Å². The SMILES string of the molecule is Cc1nn(-c2ccccc2)c(Cl)c1C(=O)N1CCCC(c2nnc3ccccn23)C1. The highest BCUT2D eigenvalue weighted by Gasteiger charge is 2.31. The molecule has 1 unspecified atom stereocenters. The number of piperidine rings is 1. The number of rotatable bonds is 3. The molecule has 4 aromatic rings. The largest absolute Gasteiger partial charge is 0.338 e. The Morgan fingerprint density at radius 2 is 1.90 bits per heavy atom. The first-order valence-corrected chi connectivity index (χ1v) is 10.4. The summed E-state index contributed by atoms with van der Waals surface area (Å²) in [5.74, 6) is 0.937. The average molecular weight is 421 g/mol. The first kappa shape index (κ1) is 18.8. The topological polar surface area (TPSA) is 68.3 Å². The van der Waals surface area contributed by atoms with Gasteiger partial charge in [-0.25, -0.2) is 4.68 Å². The number of benzene rings is 1. The molecule has 7 nitrogen and oxygen atoms in total. The van der Waals surface area contributed by atoms with Crippen molar-refractivity contribution in [3.8, 4) is 5.69 Å². The third-order valence-corrected chi connectivity index (χ3v) is 5.98. The molecule has 4 heterocycles. The molecule has 5 rings (SSSR count). The Morgan fingerprint density at radius 3 is 2.73 bits per heavy atom. The molecule has 30 heavy (non-hydrogen) atoms. The molecule has 0 spiro atoms. The standard InChI is InChI=1S/C22H21ClN6O/c1-15-19(20(23)29(26-15)17-9-3-2-4-10-17)22(30)27-12-7-8-16(14-27)21-25-24-18-11-5-6-13-28(18)21/h2-6,9-11,13,16H,7-8,12,14H2,1H3. The second-order valence-corrected chi connectivity index (χ2v) is 7.93. The van der Waals surface area contributed by atoms with Gasteiger partial charge in [-0.1, -0.05) is 35.9 Å². The Hall–Kier alpha value is -3.19. The fourth-order valence-corrected chi connectivity index (χ4v) is 4.50. The van der Waals surface area contributed by atoms with Crippen molar-refractivity contribution in [2.24, 2.45) is 0 Å². The number of amides is 1. The Balaban J connectivity index is 1.43. The minimum absolute atomic E-state index is 0.0850. The summed E-state index contributed by atoms with van der Waals surface area (Å²) in [6.45, 7) is 3.10. The molecule has 1 aliphatic heterocycles. The molecular weight excluding hydrogens is 400 g/mol. The van der Waals surface area contributed by atoms with Crippen LogP contribution in [0.3, 0.4) is 0 Å². The number of nitrogens with zero attached hydrogens (tertiary/aromatic N) is 6. The number of likely N-dealkylation sites (tertiary alicyclic amines) is 1. The van der Waals surface area contributed by atoms with Gasteiger partial charge in [0, 0.05) is 25.2 Å². The number of hydrogen-bond acceptors (Lipinski definition) is 4. The summed E-state index contributed by atoms with van der Waals surface area (Å²) in [6, 6.07) is 15.4. The molecule has 0 N–H and O–H groups in total. The van der Waals surface area contributed by atoms with Gasteiger partial charge in [0.25, 0.3) is 5.91 Å². The van der Waals surface area contributed by atoms with Crippen LogP contribution >= 0.6 is 11.6 Å². The molecule has 1 aliphatic rings. The fraction of sp³-hybridized carbons (Fsp3) is 0.273. The number of aromatic nitrogens is 5. The summed E-state index contributed by atoms with van der Waals surface area (Å²) in [5.41, 5.74) is 2.74. The van der Waals surface area contributed by atoms with E-state index >= 15 is 0 Å². The van der Waals surface area contributed by atoms with E-state index in [9.17, 15) is 4.79 Å². The van der Waals surface area contributed by atoms with Crippen molar-refractivity contribution in [2.45, 2.75) is 25.7 Å². The van der Waals surface area contributed by atoms with Crippen molar-refractivity contribution in [1.82, 2.24) is 29.3 Å². The van der Waals surface area contributed by atoms with Crippen LogP contribution in [0.15, 0.2) is 54.7 Å². The van der Waals surface area contributed by atoms with E-state index in [1.807, 2.05) is 71.0 Å². The highest BCUT2D eigenvalue weighted by molar-refractivity contribution is 6.33. The van der Waals surface area contributed by atoms with Crippen LogP contribution in [0.25, 0.3) is 11.3 Å². The predicted octanol–water partition coefficient (Wildman–Crippen LogP) is 3.90. The first-order chi connectivity index (χ1) is 14.6. The predicted molar refractivity (Wildman–Crippen MR) is 114 cm³/mol. The maximum atomic E-state index is 13.4. The van der Waals surface area contributed by atoms with Gasteiger partial charge in [-0.3, -0.25) is 9.20 Å². The molecule has 3 aromatic heterocycles. The molecule has 1 aromatic carbocycles. The van der Waals surface area contributed by atoms with Gasteiger partial charge in [-0.05, 0) is 44.0 Å². The first-order valence-electron chi connectivity index (χ1n) is 10.0. The Bertz CT molecular complexity index is 1220. The van der Waals surface area contributed by atoms with Crippen molar-refractivity contribution in [1.29, 1.82) is 0 Å². The Labute approximate surface area is 178 Å². The number of carbonyl (C=O) groups is 1. The minimum Gasteiger partial charge on any atom is -0.338 e. The summed E-state index contributed by atoms with van der Waals surface area (Å²) in [7, 11) is 0.